The lowest BCUT2D eigenvalue weighted by Crippen LogP contribution is -2.46. The number of carbonyl (C=O) groups is 1. The molecule has 1 aliphatic heterocycles. The molecule has 1 N–H and O–H groups in total. The Kier molecular flexibility index (Phi) is 4.97. The number of hydrogen-bond acceptors (Lipinski definition) is 6. The van der Waals surface area contributed by atoms with Crippen molar-refractivity contribution in [1.29, 1.82) is 0 Å². The molecule has 0 radical (unpaired) electrons. The van der Waals surface area contributed by atoms with Gasteiger partial charge < -0.3 is 13.9 Å². The SMILES string of the molecule is CCc1ccc(Cc2nnc(NC(=O)C3Oc4ccccc4OC3C)o2)cc1. The van der Waals surface area contributed by atoms with E-state index in [4.69, 9.17) is 13.9 Å². The standard InChI is InChI=1S/C21H21N3O4/c1-3-14-8-10-15(11-9-14)12-18-23-24-21(28-18)22-20(25)19-13(2)26-16-6-4-5-7-17(16)27-19/h4-11,13,19H,3,12H2,1-2H3,(H,22,24,25). The second kappa shape index (κ2) is 7.72. The van der Waals surface area contributed by atoms with E-state index in [1.807, 2.05) is 24.3 Å². The van der Waals surface area contributed by atoms with Crippen molar-refractivity contribution >= 4 is 11.9 Å². The van der Waals surface area contributed by atoms with E-state index >= 15 is 0 Å². The molecule has 7 heteroatoms. The van der Waals surface area contributed by atoms with Crippen molar-refractivity contribution in [2.24, 2.45) is 0 Å². The molecule has 2 atom stereocenters. The molecule has 4 rings (SSSR count). The van der Waals surface area contributed by atoms with E-state index in [1.165, 1.54) is 5.56 Å². The van der Waals surface area contributed by atoms with Crippen molar-refractivity contribution in [3.63, 3.8) is 0 Å². The minimum Gasteiger partial charge on any atom is -0.482 e. The molecule has 0 saturated carbocycles. The van der Waals surface area contributed by atoms with Crippen LogP contribution in [-0.2, 0) is 17.6 Å². The molecule has 0 fully saturated rings. The lowest BCUT2D eigenvalue weighted by Gasteiger charge is -2.30. The maximum atomic E-state index is 12.6. The van der Waals surface area contributed by atoms with Gasteiger partial charge in [0.2, 0.25) is 12.0 Å². The zero-order valence-corrected chi connectivity index (χ0v) is 15.7. The van der Waals surface area contributed by atoms with Crippen LogP contribution in [0.15, 0.2) is 52.9 Å². The zero-order valence-electron chi connectivity index (χ0n) is 15.7. The molecular weight excluding hydrogens is 358 g/mol. The van der Waals surface area contributed by atoms with Crippen LogP contribution in [0.4, 0.5) is 6.01 Å². The second-order valence-corrected chi connectivity index (χ2v) is 6.65. The first kappa shape index (κ1) is 18.0. The van der Waals surface area contributed by atoms with Crippen molar-refractivity contribution in [3.8, 4) is 11.5 Å². The average molecular weight is 379 g/mol. The fourth-order valence-electron chi connectivity index (χ4n) is 3.03. The number of nitrogens with zero attached hydrogens (tertiary/aromatic N) is 2. The third-order valence-electron chi connectivity index (χ3n) is 4.58. The van der Waals surface area contributed by atoms with Gasteiger partial charge in [0.1, 0.15) is 6.10 Å². The van der Waals surface area contributed by atoms with Crippen molar-refractivity contribution in [2.75, 3.05) is 5.32 Å². The van der Waals surface area contributed by atoms with Gasteiger partial charge in [-0.3, -0.25) is 10.1 Å². The Morgan fingerprint density at radius 1 is 1.00 bits per heavy atom. The molecule has 0 saturated heterocycles. The normalized spacial score (nSPS) is 17.9. The fourth-order valence-corrected chi connectivity index (χ4v) is 3.03. The van der Waals surface area contributed by atoms with Crippen molar-refractivity contribution in [2.45, 2.75) is 38.9 Å². The number of para-hydroxylation sites is 2. The number of aryl methyl sites for hydroxylation is 1. The molecule has 144 valence electrons. The van der Waals surface area contributed by atoms with Crippen LogP contribution in [-0.4, -0.2) is 28.3 Å². The highest BCUT2D eigenvalue weighted by Crippen LogP contribution is 2.33. The molecule has 0 spiro atoms. The Labute approximate surface area is 162 Å². The predicted octanol–water partition coefficient (Wildman–Crippen LogP) is 3.39. The van der Waals surface area contributed by atoms with Gasteiger partial charge in [-0.15, -0.1) is 5.10 Å². The molecule has 3 aromatic rings. The maximum Gasteiger partial charge on any atom is 0.322 e. The Balaban J connectivity index is 1.40. The van der Waals surface area contributed by atoms with E-state index in [2.05, 4.69) is 34.6 Å². The summed E-state index contributed by atoms with van der Waals surface area (Å²) < 4.78 is 17.1. The average Bonchev–Trinajstić information content (AvgIpc) is 3.14. The van der Waals surface area contributed by atoms with Gasteiger partial charge in [-0.25, -0.2) is 0 Å². The molecule has 0 aliphatic carbocycles. The maximum absolute atomic E-state index is 12.6. The summed E-state index contributed by atoms with van der Waals surface area (Å²) in [4.78, 5) is 12.6. The number of benzene rings is 2. The smallest absolute Gasteiger partial charge is 0.322 e. The molecule has 7 nitrogen and oxygen atoms in total. The van der Waals surface area contributed by atoms with Crippen LogP contribution in [0.3, 0.4) is 0 Å². The first-order chi connectivity index (χ1) is 13.6. The Morgan fingerprint density at radius 2 is 1.68 bits per heavy atom. The van der Waals surface area contributed by atoms with Crippen molar-refractivity contribution < 1.29 is 18.7 Å². The van der Waals surface area contributed by atoms with Gasteiger partial charge in [-0.1, -0.05) is 48.4 Å². The molecule has 2 heterocycles. The summed E-state index contributed by atoms with van der Waals surface area (Å²) in [5.41, 5.74) is 2.33. The Bertz CT molecular complexity index is 968. The Hall–Kier alpha value is -3.35. The number of ether oxygens (including phenoxy) is 2. The highest BCUT2D eigenvalue weighted by molar-refractivity contribution is 5.93. The summed E-state index contributed by atoms with van der Waals surface area (Å²) in [6.07, 6.45) is 0.230. The van der Waals surface area contributed by atoms with Gasteiger partial charge in [0.15, 0.2) is 11.5 Å². The van der Waals surface area contributed by atoms with Crippen LogP contribution in [0.2, 0.25) is 0 Å². The molecule has 2 aromatic carbocycles. The Morgan fingerprint density at radius 3 is 2.39 bits per heavy atom. The lowest BCUT2D eigenvalue weighted by molar-refractivity contribution is -0.128. The second-order valence-electron chi connectivity index (χ2n) is 6.65. The quantitative estimate of drug-likeness (QED) is 0.731. The van der Waals surface area contributed by atoms with Gasteiger partial charge in [0.05, 0.1) is 6.42 Å². The van der Waals surface area contributed by atoms with Gasteiger partial charge in [-0.2, -0.15) is 0 Å². The van der Waals surface area contributed by atoms with Gasteiger partial charge in [0, 0.05) is 0 Å². The number of amides is 1. The van der Waals surface area contributed by atoms with E-state index in [1.54, 1.807) is 19.1 Å². The fraction of sp³-hybridized carbons (Fsp3) is 0.286. The van der Waals surface area contributed by atoms with Crippen LogP contribution < -0.4 is 14.8 Å². The number of fused-ring (bicyclic) bond motifs is 1. The molecular formula is C21H21N3O4. The van der Waals surface area contributed by atoms with E-state index in [0.29, 0.717) is 23.8 Å². The van der Waals surface area contributed by atoms with Gasteiger partial charge in [-0.05, 0) is 36.6 Å². The number of carbonyl (C=O) groups excluding carboxylic acids is 1. The number of anilines is 1. The summed E-state index contributed by atoms with van der Waals surface area (Å²) in [6, 6.07) is 15.5. The van der Waals surface area contributed by atoms with Crippen LogP contribution >= 0.6 is 0 Å². The summed E-state index contributed by atoms with van der Waals surface area (Å²) in [6.45, 7) is 3.89. The predicted molar refractivity (Wildman–Crippen MR) is 103 cm³/mol. The first-order valence-electron chi connectivity index (χ1n) is 9.26. The van der Waals surface area contributed by atoms with Crippen molar-refractivity contribution in [3.05, 3.63) is 65.5 Å². The molecule has 0 bridgehead atoms. The van der Waals surface area contributed by atoms with Gasteiger partial charge in [0.25, 0.3) is 5.91 Å². The van der Waals surface area contributed by atoms with Crippen LogP contribution in [0.1, 0.15) is 30.9 Å². The first-order valence-corrected chi connectivity index (χ1v) is 9.26. The van der Waals surface area contributed by atoms with Crippen LogP contribution in [0.5, 0.6) is 11.5 Å². The topological polar surface area (TPSA) is 86.5 Å². The summed E-state index contributed by atoms with van der Waals surface area (Å²) in [5, 5.41) is 10.5. The lowest BCUT2D eigenvalue weighted by atomic mass is 10.1. The molecule has 2 unspecified atom stereocenters. The largest absolute Gasteiger partial charge is 0.482 e. The monoisotopic (exact) mass is 379 g/mol. The van der Waals surface area contributed by atoms with Crippen LogP contribution in [0.25, 0.3) is 0 Å². The minimum absolute atomic E-state index is 0.0415. The number of nitrogens with one attached hydrogen (secondary N) is 1. The summed E-state index contributed by atoms with van der Waals surface area (Å²) in [7, 11) is 0. The zero-order chi connectivity index (χ0) is 19.5. The minimum atomic E-state index is -0.813. The third kappa shape index (κ3) is 3.83. The molecule has 1 amide bonds. The number of aromatic nitrogens is 2. The molecule has 1 aromatic heterocycles. The molecule has 1 aliphatic rings. The summed E-state index contributed by atoms with van der Waals surface area (Å²) >= 11 is 0. The molecule has 28 heavy (non-hydrogen) atoms. The number of hydrogen-bond donors (Lipinski definition) is 1. The van der Waals surface area contributed by atoms with Gasteiger partial charge >= 0.3 is 6.01 Å². The van der Waals surface area contributed by atoms with Crippen LogP contribution in [0, 0.1) is 0 Å². The highest BCUT2D eigenvalue weighted by atomic mass is 16.6. The summed E-state index contributed by atoms with van der Waals surface area (Å²) in [5.74, 6) is 1.18. The number of rotatable bonds is 5. The third-order valence-corrected chi connectivity index (χ3v) is 4.58. The van der Waals surface area contributed by atoms with E-state index in [0.717, 1.165) is 12.0 Å². The highest BCUT2D eigenvalue weighted by Gasteiger charge is 2.34. The van der Waals surface area contributed by atoms with E-state index in [-0.39, 0.29) is 6.01 Å². The van der Waals surface area contributed by atoms with E-state index < -0.39 is 18.1 Å². The van der Waals surface area contributed by atoms with Crippen molar-refractivity contribution in [1.82, 2.24) is 10.2 Å². The van der Waals surface area contributed by atoms with E-state index in [9.17, 15) is 4.79 Å².